The van der Waals surface area contributed by atoms with Gasteiger partial charge >= 0.3 is 0 Å². The van der Waals surface area contributed by atoms with E-state index in [2.05, 4.69) is 5.10 Å². The van der Waals surface area contributed by atoms with E-state index in [0.29, 0.717) is 18.7 Å². The van der Waals surface area contributed by atoms with E-state index in [1.807, 2.05) is 48.5 Å². The maximum absolute atomic E-state index is 12.4. The first-order valence-electron chi connectivity index (χ1n) is 8.22. The van der Waals surface area contributed by atoms with Crippen LogP contribution in [0.3, 0.4) is 0 Å². The second-order valence-corrected chi connectivity index (χ2v) is 6.10. The number of rotatable bonds is 3. The molecule has 0 N–H and O–H groups in total. The number of nitrogens with zero attached hydrogens (tertiary/aromatic N) is 3. The topological polar surface area (TPSA) is 55.2 Å². The number of likely N-dealkylation sites (tertiary alicyclic amines) is 1. The minimum atomic E-state index is -0.142. The number of hydrogen-bond acceptors (Lipinski definition) is 3. The van der Waals surface area contributed by atoms with Crippen LogP contribution in [0.2, 0.25) is 0 Å². The number of carbonyl (C=O) groups is 1. The van der Waals surface area contributed by atoms with Crippen molar-refractivity contribution in [1.29, 1.82) is 0 Å². The molecular weight excluding hydrogens is 314 g/mol. The Labute approximate surface area is 145 Å². The largest absolute Gasteiger partial charge is 0.334 e. The lowest BCUT2D eigenvalue weighted by Crippen LogP contribution is -2.53. The van der Waals surface area contributed by atoms with Gasteiger partial charge < -0.3 is 4.90 Å². The van der Waals surface area contributed by atoms with Crippen LogP contribution in [0.1, 0.15) is 16.4 Å². The third-order valence-corrected chi connectivity index (χ3v) is 4.41. The van der Waals surface area contributed by atoms with Gasteiger partial charge in [0, 0.05) is 30.3 Å². The number of aromatic nitrogens is 2. The lowest BCUT2D eigenvalue weighted by molar-refractivity contribution is 0.0493. The zero-order chi connectivity index (χ0) is 17.2. The molecule has 2 heterocycles. The van der Waals surface area contributed by atoms with Crippen molar-refractivity contribution in [2.75, 3.05) is 13.1 Å². The normalized spacial score (nSPS) is 14.2. The minimum absolute atomic E-state index is 0.0101. The summed E-state index contributed by atoms with van der Waals surface area (Å²) in [6.07, 6.45) is 0. The van der Waals surface area contributed by atoms with E-state index in [1.165, 1.54) is 10.7 Å². The van der Waals surface area contributed by atoms with Crippen molar-refractivity contribution in [3.05, 3.63) is 88.7 Å². The summed E-state index contributed by atoms with van der Waals surface area (Å²) in [5.74, 6) is -0.0101. The van der Waals surface area contributed by atoms with E-state index >= 15 is 0 Å². The molecule has 5 heteroatoms. The molecule has 1 saturated heterocycles. The summed E-state index contributed by atoms with van der Waals surface area (Å²) >= 11 is 0. The Bertz CT molecular complexity index is 945. The van der Waals surface area contributed by atoms with Gasteiger partial charge in [-0.2, -0.15) is 5.10 Å². The lowest BCUT2D eigenvalue weighted by atomic mass is 10.1. The van der Waals surface area contributed by atoms with Crippen molar-refractivity contribution in [3.63, 3.8) is 0 Å². The minimum Gasteiger partial charge on any atom is -0.334 e. The molecule has 5 nitrogen and oxygen atoms in total. The zero-order valence-corrected chi connectivity index (χ0v) is 13.6. The van der Waals surface area contributed by atoms with E-state index in [4.69, 9.17) is 0 Å². The maximum atomic E-state index is 12.4. The van der Waals surface area contributed by atoms with Crippen LogP contribution in [-0.2, 0) is 0 Å². The Morgan fingerprint density at radius 2 is 1.52 bits per heavy atom. The van der Waals surface area contributed by atoms with E-state index in [0.717, 1.165) is 11.3 Å². The average Bonchev–Trinajstić information content (AvgIpc) is 2.63. The quantitative estimate of drug-likeness (QED) is 0.741. The summed E-state index contributed by atoms with van der Waals surface area (Å²) < 4.78 is 1.50. The van der Waals surface area contributed by atoms with Crippen LogP contribution < -0.4 is 5.56 Å². The van der Waals surface area contributed by atoms with Crippen molar-refractivity contribution in [3.8, 4) is 11.3 Å². The average molecular weight is 331 g/mol. The lowest BCUT2D eigenvalue weighted by Gasteiger charge is -2.39. The number of benzene rings is 2. The van der Waals surface area contributed by atoms with Gasteiger partial charge in [0.25, 0.3) is 11.5 Å². The molecule has 124 valence electrons. The van der Waals surface area contributed by atoms with Crippen LogP contribution >= 0.6 is 0 Å². The smallest absolute Gasteiger partial charge is 0.267 e. The monoisotopic (exact) mass is 331 g/mol. The summed E-state index contributed by atoms with van der Waals surface area (Å²) in [4.78, 5) is 26.3. The molecule has 1 aliphatic rings. The maximum Gasteiger partial charge on any atom is 0.267 e. The highest BCUT2D eigenvalue weighted by molar-refractivity contribution is 5.94. The van der Waals surface area contributed by atoms with Gasteiger partial charge in [0.05, 0.1) is 11.7 Å². The standard InChI is InChI=1S/C20H17N3O2/c24-19-12-11-18(15-7-3-1-4-8-15)21-23(19)17-13-22(14-17)20(25)16-9-5-2-6-10-16/h1-12,17H,13-14H2. The Kier molecular flexibility index (Phi) is 3.90. The fourth-order valence-electron chi connectivity index (χ4n) is 2.99. The van der Waals surface area contributed by atoms with Crippen molar-refractivity contribution in [1.82, 2.24) is 14.7 Å². The molecule has 1 aromatic heterocycles. The molecule has 0 atom stereocenters. The molecule has 1 fully saturated rings. The van der Waals surface area contributed by atoms with E-state index in [1.54, 1.807) is 23.1 Å². The SMILES string of the molecule is O=C(c1ccccc1)N1CC(n2nc(-c3ccccc3)ccc2=O)C1. The fourth-order valence-corrected chi connectivity index (χ4v) is 2.99. The Balaban J connectivity index is 1.53. The van der Waals surface area contributed by atoms with Crippen LogP contribution in [0.15, 0.2) is 77.6 Å². The second kappa shape index (κ2) is 6.36. The molecule has 0 radical (unpaired) electrons. The van der Waals surface area contributed by atoms with Crippen molar-refractivity contribution < 1.29 is 4.79 Å². The van der Waals surface area contributed by atoms with Crippen LogP contribution in [0.5, 0.6) is 0 Å². The van der Waals surface area contributed by atoms with Gasteiger partial charge in [-0.05, 0) is 18.2 Å². The Hall–Kier alpha value is -3.21. The van der Waals surface area contributed by atoms with Crippen LogP contribution in [0, 0.1) is 0 Å². The number of hydrogen-bond donors (Lipinski definition) is 0. The van der Waals surface area contributed by atoms with Crippen LogP contribution in [0.25, 0.3) is 11.3 Å². The van der Waals surface area contributed by atoms with Gasteiger partial charge in [0.15, 0.2) is 0 Å². The predicted octanol–water partition coefficient (Wildman–Crippen LogP) is 2.61. The third-order valence-electron chi connectivity index (χ3n) is 4.41. The second-order valence-electron chi connectivity index (χ2n) is 6.10. The molecule has 1 aliphatic heterocycles. The molecule has 0 saturated carbocycles. The Morgan fingerprint density at radius 1 is 0.880 bits per heavy atom. The van der Waals surface area contributed by atoms with Gasteiger partial charge in [0.2, 0.25) is 0 Å². The zero-order valence-electron chi connectivity index (χ0n) is 13.6. The highest BCUT2D eigenvalue weighted by atomic mass is 16.2. The number of amides is 1. The molecule has 0 spiro atoms. The van der Waals surface area contributed by atoms with Crippen molar-refractivity contribution in [2.24, 2.45) is 0 Å². The fraction of sp³-hybridized carbons (Fsp3) is 0.150. The first-order chi connectivity index (χ1) is 12.2. The molecule has 0 aliphatic carbocycles. The number of carbonyl (C=O) groups excluding carboxylic acids is 1. The molecular formula is C20H17N3O2. The molecule has 0 unspecified atom stereocenters. The van der Waals surface area contributed by atoms with Gasteiger partial charge in [-0.3, -0.25) is 9.59 Å². The van der Waals surface area contributed by atoms with E-state index in [-0.39, 0.29) is 17.5 Å². The molecule has 4 rings (SSSR count). The van der Waals surface area contributed by atoms with Crippen molar-refractivity contribution in [2.45, 2.75) is 6.04 Å². The molecule has 3 aromatic rings. The third kappa shape index (κ3) is 2.96. The van der Waals surface area contributed by atoms with Gasteiger partial charge in [-0.25, -0.2) is 4.68 Å². The summed E-state index contributed by atoms with van der Waals surface area (Å²) in [6.45, 7) is 0.998. The first kappa shape index (κ1) is 15.3. The molecule has 1 amide bonds. The summed E-state index contributed by atoms with van der Waals surface area (Å²) in [6, 6.07) is 22.1. The first-order valence-corrected chi connectivity index (χ1v) is 8.22. The van der Waals surface area contributed by atoms with Gasteiger partial charge in [-0.15, -0.1) is 0 Å². The van der Waals surface area contributed by atoms with E-state index < -0.39 is 0 Å². The summed E-state index contributed by atoms with van der Waals surface area (Å²) in [7, 11) is 0. The molecule has 25 heavy (non-hydrogen) atoms. The van der Waals surface area contributed by atoms with Gasteiger partial charge in [0.1, 0.15) is 0 Å². The Morgan fingerprint density at radius 3 is 2.20 bits per heavy atom. The highest BCUT2D eigenvalue weighted by Crippen LogP contribution is 2.22. The van der Waals surface area contributed by atoms with Crippen LogP contribution in [0.4, 0.5) is 0 Å². The highest BCUT2D eigenvalue weighted by Gasteiger charge is 2.33. The summed E-state index contributed by atoms with van der Waals surface area (Å²) in [5, 5.41) is 4.50. The molecule has 0 bridgehead atoms. The summed E-state index contributed by atoms with van der Waals surface area (Å²) in [5.41, 5.74) is 2.25. The molecule has 2 aromatic carbocycles. The van der Waals surface area contributed by atoms with Gasteiger partial charge in [-0.1, -0.05) is 48.5 Å². The van der Waals surface area contributed by atoms with Crippen molar-refractivity contribution >= 4 is 5.91 Å². The predicted molar refractivity (Wildman–Crippen MR) is 95.3 cm³/mol. The van der Waals surface area contributed by atoms with Crippen LogP contribution in [-0.4, -0.2) is 33.7 Å². The van der Waals surface area contributed by atoms with E-state index in [9.17, 15) is 9.59 Å².